The van der Waals surface area contributed by atoms with Crippen LogP contribution < -0.4 is 17.2 Å². The number of nitrogens with two attached hydrogens (primary N) is 3. The molecule has 0 fully saturated rings. The summed E-state index contributed by atoms with van der Waals surface area (Å²) in [6.45, 7) is 0. The summed E-state index contributed by atoms with van der Waals surface area (Å²) in [6, 6.07) is 3.49. The second-order valence-corrected chi connectivity index (χ2v) is 6.32. The zero-order valence-corrected chi connectivity index (χ0v) is 14.6. The van der Waals surface area contributed by atoms with E-state index in [9.17, 15) is 14.4 Å². The van der Waals surface area contributed by atoms with Gasteiger partial charge in [-0.15, -0.1) is 0 Å². The van der Waals surface area contributed by atoms with Crippen LogP contribution >= 0.6 is 11.8 Å². The van der Waals surface area contributed by atoms with Crippen molar-refractivity contribution in [3.05, 3.63) is 29.8 Å². The molecule has 146 valence electrons. The van der Waals surface area contributed by atoms with E-state index in [4.69, 9.17) is 37.6 Å². The highest BCUT2D eigenvalue weighted by atomic mass is 32.2. The first-order valence-corrected chi connectivity index (χ1v) is 8.50. The Hall–Kier alpha value is -2.34. The Bertz CT molecular complexity index is 577. The van der Waals surface area contributed by atoms with Crippen LogP contribution in [0.1, 0.15) is 5.56 Å². The average molecular weight is 389 g/mol. The van der Waals surface area contributed by atoms with Crippen LogP contribution in [0.3, 0.4) is 0 Å². The number of hydrogen-bond acceptors (Lipinski definition) is 8. The predicted octanol–water partition coefficient (Wildman–Crippen LogP) is -1.11. The van der Waals surface area contributed by atoms with Crippen LogP contribution in [0.4, 0.5) is 0 Å². The van der Waals surface area contributed by atoms with E-state index >= 15 is 0 Å². The van der Waals surface area contributed by atoms with Crippen molar-refractivity contribution in [3.8, 4) is 5.75 Å². The Morgan fingerprint density at radius 2 is 1.19 bits per heavy atom. The van der Waals surface area contributed by atoms with Gasteiger partial charge in [0.15, 0.2) is 0 Å². The molecule has 1 aromatic rings. The van der Waals surface area contributed by atoms with E-state index in [0.29, 0.717) is 0 Å². The van der Waals surface area contributed by atoms with E-state index < -0.39 is 36.0 Å². The lowest BCUT2D eigenvalue weighted by Crippen LogP contribution is -2.36. The first kappa shape index (κ1) is 23.7. The van der Waals surface area contributed by atoms with Crippen molar-refractivity contribution in [2.45, 2.75) is 24.5 Å². The minimum absolute atomic E-state index is 0.160. The molecule has 0 aliphatic carbocycles. The summed E-state index contributed by atoms with van der Waals surface area (Å²) in [7, 11) is 0. The number of benzene rings is 1. The average Bonchev–Trinajstić information content (AvgIpc) is 2.56. The van der Waals surface area contributed by atoms with Crippen molar-refractivity contribution >= 4 is 29.7 Å². The lowest BCUT2D eigenvalue weighted by Gasteiger charge is -2.07. The number of carboxylic acids is 3. The quantitative estimate of drug-likeness (QED) is 0.269. The third kappa shape index (κ3) is 10.5. The maximum atomic E-state index is 10.4. The molecule has 0 bridgehead atoms. The Labute approximate surface area is 154 Å². The molecule has 10 nitrogen and oxygen atoms in total. The largest absolute Gasteiger partial charge is 0.508 e. The van der Waals surface area contributed by atoms with Crippen molar-refractivity contribution in [1.29, 1.82) is 0 Å². The fraction of sp³-hybridized carbons (Fsp3) is 0.400. The third-order valence-corrected chi connectivity index (χ3v) is 4.13. The Balaban J connectivity index is 0.000000481. The van der Waals surface area contributed by atoms with Gasteiger partial charge in [-0.1, -0.05) is 12.1 Å². The van der Waals surface area contributed by atoms with Crippen LogP contribution in [0.15, 0.2) is 24.3 Å². The predicted molar refractivity (Wildman–Crippen MR) is 96.0 cm³/mol. The maximum absolute atomic E-state index is 10.4. The first-order valence-electron chi connectivity index (χ1n) is 7.35. The molecule has 1 rings (SSSR count). The van der Waals surface area contributed by atoms with Gasteiger partial charge in [0.25, 0.3) is 0 Å². The monoisotopic (exact) mass is 389 g/mol. The molecule has 0 amide bonds. The molecular formula is C15H23N3O7S. The van der Waals surface area contributed by atoms with E-state index in [1.165, 1.54) is 12.1 Å². The lowest BCUT2D eigenvalue weighted by atomic mass is 10.1. The van der Waals surface area contributed by atoms with Gasteiger partial charge in [0.05, 0.1) is 0 Å². The number of aromatic hydroxyl groups is 1. The van der Waals surface area contributed by atoms with E-state index in [2.05, 4.69) is 0 Å². The fourth-order valence-corrected chi connectivity index (χ4v) is 2.37. The topological polar surface area (TPSA) is 210 Å². The smallest absolute Gasteiger partial charge is 0.321 e. The van der Waals surface area contributed by atoms with Crippen LogP contribution in [0.5, 0.6) is 5.75 Å². The van der Waals surface area contributed by atoms with Crippen molar-refractivity contribution in [2.24, 2.45) is 17.2 Å². The molecule has 26 heavy (non-hydrogen) atoms. The molecule has 0 aromatic heterocycles. The maximum Gasteiger partial charge on any atom is 0.321 e. The summed E-state index contributed by atoms with van der Waals surface area (Å²) in [5.41, 5.74) is 16.5. The van der Waals surface area contributed by atoms with Crippen LogP contribution in [0, 0.1) is 0 Å². The Morgan fingerprint density at radius 3 is 1.54 bits per heavy atom. The van der Waals surface area contributed by atoms with Gasteiger partial charge in [0.2, 0.25) is 0 Å². The molecule has 10 N–H and O–H groups in total. The van der Waals surface area contributed by atoms with Crippen molar-refractivity contribution < 1.29 is 34.8 Å². The summed E-state index contributed by atoms with van der Waals surface area (Å²) in [4.78, 5) is 30.8. The summed E-state index contributed by atoms with van der Waals surface area (Å²) in [5.74, 6) is -2.74. The van der Waals surface area contributed by atoms with Gasteiger partial charge in [-0.05, 0) is 24.1 Å². The van der Waals surface area contributed by atoms with Crippen LogP contribution in [0.25, 0.3) is 0 Å². The number of phenols is 1. The number of carboxylic acid groups (broad SMARTS) is 3. The van der Waals surface area contributed by atoms with E-state index in [1.54, 1.807) is 12.1 Å². The summed E-state index contributed by atoms with van der Waals surface area (Å²) in [5, 5.41) is 34.2. The number of phenolic OH excluding ortho intramolecular Hbond substituents is 1. The van der Waals surface area contributed by atoms with Crippen LogP contribution in [0.2, 0.25) is 0 Å². The highest BCUT2D eigenvalue weighted by molar-refractivity contribution is 7.99. The number of hydrogen-bond donors (Lipinski definition) is 7. The number of rotatable bonds is 9. The van der Waals surface area contributed by atoms with Gasteiger partial charge in [0, 0.05) is 11.5 Å². The van der Waals surface area contributed by atoms with Gasteiger partial charge >= 0.3 is 17.9 Å². The van der Waals surface area contributed by atoms with Gasteiger partial charge < -0.3 is 37.6 Å². The summed E-state index contributed by atoms with van der Waals surface area (Å²) >= 11 is 1.11. The Kier molecular flexibility index (Phi) is 11.0. The number of aliphatic carboxylic acids is 3. The summed E-state index contributed by atoms with van der Waals surface area (Å²) in [6.07, 6.45) is 0.273. The van der Waals surface area contributed by atoms with Crippen molar-refractivity contribution in [3.63, 3.8) is 0 Å². The molecule has 3 atom stereocenters. The summed E-state index contributed by atoms with van der Waals surface area (Å²) < 4.78 is 0. The third-order valence-electron chi connectivity index (χ3n) is 2.94. The molecule has 0 saturated carbocycles. The minimum Gasteiger partial charge on any atom is -0.508 e. The van der Waals surface area contributed by atoms with Gasteiger partial charge in [-0.25, -0.2) is 0 Å². The molecule has 1 aromatic carbocycles. The number of carbonyl (C=O) groups is 3. The highest BCUT2D eigenvalue weighted by Crippen LogP contribution is 2.10. The van der Waals surface area contributed by atoms with Crippen LogP contribution in [-0.4, -0.2) is 68.0 Å². The van der Waals surface area contributed by atoms with Gasteiger partial charge in [-0.3, -0.25) is 14.4 Å². The zero-order chi connectivity index (χ0) is 20.3. The lowest BCUT2D eigenvalue weighted by molar-refractivity contribution is -0.139. The number of thioether (sulfide) groups is 1. The first-order chi connectivity index (χ1) is 12.0. The van der Waals surface area contributed by atoms with E-state index in [-0.39, 0.29) is 23.7 Å². The highest BCUT2D eigenvalue weighted by Gasteiger charge is 2.15. The minimum atomic E-state index is -1.10. The SMILES string of the molecule is NC(CSCC(N)C(=O)O)C(=O)O.NC(Cc1ccc(O)cc1)C(=O)O. The Morgan fingerprint density at radius 1 is 0.808 bits per heavy atom. The fourth-order valence-electron chi connectivity index (χ4n) is 1.44. The van der Waals surface area contributed by atoms with Gasteiger partial charge in [-0.2, -0.15) is 11.8 Å². The van der Waals surface area contributed by atoms with Crippen LogP contribution in [-0.2, 0) is 20.8 Å². The van der Waals surface area contributed by atoms with E-state index in [1.807, 2.05) is 0 Å². The molecule has 0 spiro atoms. The second-order valence-electron chi connectivity index (χ2n) is 5.24. The van der Waals surface area contributed by atoms with Crippen molar-refractivity contribution in [1.82, 2.24) is 0 Å². The molecule has 3 unspecified atom stereocenters. The second kappa shape index (κ2) is 12.1. The molecule has 0 saturated heterocycles. The van der Waals surface area contributed by atoms with Crippen molar-refractivity contribution in [2.75, 3.05) is 11.5 Å². The van der Waals surface area contributed by atoms with E-state index in [0.717, 1.165) is 17.3 Å². The molecule has 11 heteroatoms. The normalized spacial score (nSPS) is 13.7. The standard InChI is InChI=1S/C9H11NO3.C6H12N2O4S/c10-8(9(12)13)5-6-1-3-7(11)4-2-6;7-3(5(9)10)1-13-2-4(8)6(11)12/h1-4,8,11H,5,10H2,(H,12,13);3-4H,1-2,7-8H2,(H,9,10)(H,11,12). The molecular weight excluding hydrogens is 366 g/mol. The zero-order valence-electron chi connectivity index (χ0n) is 13.8. The molecule has 0 aliphatic rings. The van der Waals surface area contributed by atoms with Gasteiger partial charge in [0.1, 0.15) is 23.9 Å². The molecule has 0 radical (unpaired) electrons. The molecule has 0 heterocycles. The molecule has 0 aliphatic heterocycles.